The maximum Gasteiger partial charge on any atom is 0.274 e. The molecule has 0 saturated heterocycles. The quantitative estimate of drug-likeness (QED) is 0.747. The van der Waals surface area contributed by atoms with Crippen LogP contribution in [0.15, 0.2) is 24.3 Å². The van der Waals surface area contributed by atoms with Crippen LogP contribution in [0.4, 0.5) is 0 Å². The third-order valence-electron chi connectivity index (χ3n) is 4.75. The molecule has 0 aliphatic carbocycles. The SMILES string of the molecule is COc1cccc(-n2nnc(C(=O)NC(C)c3c(C)nn(C)c3C)c2C)c1. The van der Waals surface area contributed by atoms with Gasteiger partial charge in [-0.25, -0.2) is 4.68 Å². The highest BCUT2D eigenvalue weighted by Crippen LogP contribution is 2.22. The minimum Gasteiger partial charge on any atom is -0.497 e. The van der Waals surface area contributed by atoms with Gasteiger partial charge < -0.3 is 10.1 Å². The summed E-state index contributed by atoms with van der Waals surface area (Å²) in [6.07, 6.45) is 0. The average Bonchev–Trinajstić information content (AvgIpc) is 3.14. The van der Waals surface area contributed by atoms with E-state index in [0.717, 1.165) is 22.6 Å². The molecule has 3 rings (SSSR count). The van der Waals surface area contributed by atoms with E-state index in [1.165, 1.54) is 0 Å². The summed E-state index contributed by atoms with van der Waals surface area (Å²) in [5.74, 6) is 0.446. The fourth-order valence-electron chi connectivity index (χ4n) is 3.28. The molecule has 1 atom stereocenters. The molecule has 0 aliphatic rings. The number of amides is 1. The second kappa shape index (κ2) is 7.22. The fraction of sp³-hybridized carbons (Fsp3) is 0.368. The summed E-state index contributed by atoms with van der Waals surface area (Å²) in [7, 11) is 3.50. The van der Waals surface area contributed by atoms with Gasteiger partial charge in [0, 0.05) is 24.4 Å². The van der Waals surface area contributed by atoms with Crippen LogP contribution in [-0.2, 0) is 7.05 Å². The molecule has 0 radical (unpaired) electrons. The molecule has 8 heteroatoms. The van der Waals surface area contributed by atoms with Crippen LogP contribution >= 0.6 is 0 Å². The van der Waals surface area contributed by atoms with Crippen molar-refractivity contribution in [3.63, 3.8) is 0 Å². The number of methoxy groups -OCH3 is 1. The second-order valence-corrected chi connectivity index (χ2v) is 6.54. The van der Waals surface area contributed by atoms with Gasteiger partial charge in [-0.1, -0.05) is 11.3 Å². The average molecular weight is 368 g/mol. The van der Waals surface area contributed by atoms with E-state index in [9.17, 15) is 4.79 Å². The van der Waals surface area contributed by atoms with Crippen molar-refractivity contribution in [3.05, 3.63) is 52.6 Å². The largest absolute Gasteiger partial charge is 0.497 e. The van der Waals surface area contributed by atoms with E-state index in [1.54, 1.807) is 11.8 Å². The summed E-state index contributed by atoms with van der Waals surface area (Å²) >= 11 is 0. The van der Waals surface area contributed by atoms with Gasteiger partial charge in [0.05, 0.1) is 30.2 Å². The normalized spacial score (nSPS) is 12.1. The zero-order chi connectivity index (χ0) is 19.7. The van der Waals surface area contributed by atoms with Gasteiger partial charge in [0.2, 0.25) is 0 Å². The van der Waals surface area contributed by atoms with E-state index in [4.69, 9.17) is 4.74 Å². The Kier molecular flexibility index (Phi) is 4.98. The number of hydrogen-bond donors (Lipinski definition) is 1. The molecular formula is C19H24N6O2. The first-order valence-electron chi connectivity index (χ1n) is 8.71. The lowest BCUT2D eigenvalue weighted by atomic mass is 10.1. The smallest absolute Gasteiger partial charge is 0.274 e. The molecule has 0 saturated carbocycles. The van der Waals surface area contributed by atoms with Crippen molar-refractivity contribution in [2.45, 2.75) is 33.7 Å². The highest BCUT2D eigenvalue weighted by atomic mass is 16.5. The number of aromatic nitrogens is 5. The van der Waals surface area contributed by atoms with Gasteiger partial charge in [0.1, 0.15) is 5.75 Å². The third-order valence-corrected chi connectivity index (χ3v) is 4.75. The topological polar surface area (TPSA) is 86.9 Å². The Hall–Kier alpha value is -3.16. The summed E-state index contributed by atoms with van der Waals surface area (Å²) < 4.78 is 8.69. The molecule has 27 heavy (non-hydrogen) atoms. The van der Waals surface area contributed by atoms with Crippen LogP contribution in [-0.4, -0.2) is 37.8 Å². The number of nitrogens with one attached hydrogen (secondary N) is 1. The zero-order valence-electron chi connectivity index (χ0n) is 16.4. The van der Waals surface area contributed by atoms with E-state index in [2.05, 4.69) is 20.7 Å². The van der Waals surface area contributed by atoms with E-state index < -0.39 is 0 Å². The number of rotatable bonds is 5. The Morgan fingerprint density at radius 1 is 1.22 bits per heavy atom. The zero-order valence-corrected chi connectivity index (χ0v) is 16.4. The van der Waals surface area contributed by atoms with Crippen molar-refractivity contribution in [1.82, 2.24) is 30.1 Å². The van der Waals surface area contributed by atoms with Crippen molar-refractivity contribution in [1.29, 1.82) is 0 Å². The molecule has 0 fully saturated rings. The van der Waals surface area contributed by atoms with Crippen LogP contribution in [0, 0.1) is 20.8 Å². The van der Waals surface area contributed by atoms with Crippen LogP contribution in [0.3, 0.4) is 0 Å². The minimum absolute atomic E-state index is 0.187. The maximum absolute atomic E-state index is 12.8. The molecule has 8 nitrogen and oxygen atoms in total. The maximum atomic E-state index is 12.8. The first-order valence-corrected chi connectivity index (χ1v) is 8.71. The molecule has 2 heterocycles. The molecule has 1 aromatic carbocycles. The molecule has 1 unspecified atom stereocenters. The van der Waals surface area contributed by atoms with Crippen LogP contribution in [0.1, 0.15) is 46.1 Å². The summed E-state index contributed by atoms with van der Waals surface area (Å²) in [6, 6.07) is 7.26. The lowest BCUT2D eigenvalue weighted by Gasteiger charge is -2.14. The van der Waals surface area contributed by atoms with E-state index in [1.807, 2.05) is 63.7 Å². The van der Waals surface area contributed by atoms with Crippen molar-refractivity contribution >= 4 is 5.91 Å². The van der Waals surface area contributed by atoms with Crippen LogP contribution in [0.2, 0.25) is 0 Å². The highest BCUT2D eigenvalue weighted by Gasteiger charge is 2.22. The number of carbonyl (C=O) groups excluding carboxylic acids is 1. The third kappa shape index (κ3) is 3.42. The van der Waals surface area contributed by atoms with Gasteiger partial charge in [-0.2, -0.15) is 5.10 Å². The first-order chi connectivity index (χ1) is 12.8. The van der Waals surface area contributed by atoms with Crippen LogP contribution < -0.4 is 10.1 Å². The molecule has 0 bridgehead atoms. The van der Waals surface area contributed by atoms with Crippen molar-refractivity contribution < 1.29 is 9.53 Å². The number of nitrogens with zero attached hydrogens (tertiary/aromatic N) is 5. The number of aryl methyl sites for hydroxylation is 2. The number of hydrogen-bond acceptors (Lipinski definition) is 5. The molecule has 1 N–H and O–H groups in total. The van der Waals surface area contributed by atoms with Crippen molar-refractivity contribution in [2.24, 2.45) is 7.05 Å². The summed E-state index contributed by atoms with van der Waals surface area (Å²) in [4.78, 5) is 12.8. The monoisotopic (exact) mass is 368 g/mol. The fourth-order valence-corrected chi connectivity index (χ4v) is 3.28. The molecule has 1 amide bonds. The highest BCUT2D eigenvalue weighted by molar-refractivity contribution is 5.93. The number of ether oxygens (including phenoxy) is 1. The Labute approximate surface area is 158 Å². The minimum atomic E-state index is -0.267. The van der Waals surface area contributed by atoms with Crippen molar-refractivity contribution in [3.8, 4) is 11.4 Å². The molecule has 0 aliphatic heterocycles. The lowest BCUT2D eigenvalue weighted by molar-refractivity contribution is 0.0934. The summed E-state index contributed by atoms with van der Waals surface area (Å²) in [5.41, 5.74) is 4.68. The molecule has 0 spiro atoms. The van der Waals surface area contributed by atoms with E-state index >= 15 is 0 Å². The standard InChI is InChI=1S/C19H24N6O2/c1-11(17-12(2)22-24(5)13(17)3)20-19(26)18-14(4)25(23-21-18)15-8-7-9-16(10-15)27-6/h7-11H,1-6H3,(H,20,26). The number of benzene rings is 1. The van der Waals surface area contributed by atoms with Gasteiger partial charge in [-0.3, -0.25) is 9.48 Å². The Morgan fingerprint density at radius 3 is 2.59 bits per heavy atom. The predicted octanol–water partition coefficient (Wildman–Crippen LogP) is 2.43. The van der Waals surface area contributed by atoms with Gasteiger partial charge in [0.25, 0.3) is 5.91 Å². The number of carbonyl (C=O) groups is 1. The van der Waals surface area contributed by atoms with Gasteiger partial charge in [-0.05, 0) is 39.8 Å². The molecular weight excluding hydrogens is 344 g/mol. The van der Waals surface area contributed by atoms with E-state index in [0.29, 0.717) is 17.1 Å². The van der Waals surface area contributed by atoms with Gasteiger partial charge in [0.15, 0.2) is 5.69 Å². The Balaban J connectivity index is 1.85. The lowest BCUT2D eigenvalue weighted by Crippen LogP contribution is -2.28. The van der Waals surface area contributed by atoms with Gasteiger partial charge in [-0.15, -0.1) is 5.10 Å². The van der Waals surface area contributed by atoms with Gasteiger partial charge >= 0.3 is 0 Å². The van der Waals surface area contributed by atoms with Crippen LogP contribution in [0.5, 0.6) is 5.75 Å². The predicted molar refractivity (Wildman–Crippen MR) is 101 cm³/mol. The van der Waals surface area contributed by atoms with E-state index in [-0.39, 0.29) is 11.9 Å². The first kappa shape index (κ1) is 18.6. The molecule has 2 aromatic heterocycles. The Bertz CT molecular complexity index is 988. The summed E-state index contributed by atoms with van der Waals surface area (Å²) in [6.45, 7) is 7.69. The molecule has 3 aromatic rings. The second-order valence-electron chi connectivity index (χ2n) is 6.54. The Morgan fingerprint density at radius 2 is 1.96 bits per heavy atom. The van der Waals surface area contributed by atoms with Crippen LogP contribution in [0.25, 0.3) is 5.69 Å². The molecule has 142 valence electrons. The van der Waals surface area contributed by atoms with Crippen molar-refractivity contribution in [2.75, 3.05) is 7.11 Å². The summed E-state index contributed by atoms with van der Waals surface area (Å²) in [5, 5.41) is 15.6.